The van der Waals surface area contributed by atoms with Crippen LogP contribution in [0.15, 0.2) is 12.1 Å². The average Bonchev–Trinajstić information content (AvgIpc) is 2.65. The second-order valence-electron chi connectivity index (χ2n) is 3.61. The molecular weight excluding hydrogens is 331 g/mol. The highest BCUT2D eigenvalue weighted by Gasteiger charge is 2.16. The first-order chi connectivity index (χ1) is 8.88. The molecule has 0 aliphatic heterocycles. The van der Waals surface area contributed by atoms with Gasteiger partial charge in [-0.3, -0.25) is 0 Å². The molecule has 0 radical (unpaired) electrons. The van der Waals surface area contributed by atoms with Crippen molar-refractivity contribution >= 4 is 62.9 Å². The molecule has 19 heavy (non-hydrogen) atoms. The first kappa shape index (κ1) is 14.4. The summed E-state index contributed by atoms with van der Waals surface area (Å²) in [6.07, 6.45) is 0. The summed E-state index contributed by atoms with van der Waals surface area (Å²) in [6, 6.07) is 3.08. The van der Waals surface area contributed by atoms with Crippen molar-refractivity contribution < 1.29 is 9.90 Å². The zero-order chi connectivity index (χ0) is 14.2. The third-order valence-electron chi connectivity index (χ3n) is 2.23. The second kappa shape index (κ2) is 5.54. The van der Waals surface area contributed by atoms with Crippen molar-refractivity contribution in [3.8, 4) is 0 Å². The lowest BCUT2D eigenvalue weighted by Gasteiger charge is -2.08. The van der Waals surface area contributed by atoms with Gasteiger partial charge in [0.15, 0.2) is 5.13 Å². The number of benzene rings is 1. The van der Waals surface area contributed by atoms with E-state index in [-0.39, 0.29) is 4.88 Å². The van der Waals surface area contributed by atoms with Crippen LogP contribution in [0.3, 0.4) is 0 Å². The summed E-state index contributed by atoms with van der Waals surface area (Å²) in [6.45, 7) is 1.62. The van der Waals surface area contributed by atoms with Crippen LogP contribution in [0.5, 0.6) is 0 Å². The molecule has 2 aromatic rings. The Labute approximate surface area is 127 Å². The quantitative estimate of drug-likeness (QED) is 0.840. The maximum atomic E-state index is 10.9. The molecule has 8 heteroatoms. The number of aryl methyl sites for hydroxylation is 1. The number of carboxylic acid groups (broad SMARTS) is 1. The zero-order valence-corrected chi connectivity index (χ0v) is 12.6. The number of nitrogens with one attached hydrogen (secondary N) is 1. The summed E-state index contributed by atoms with van der Waals surface area (Å²) in [5.41, 5.74) is 0.875. The molecule has 2 N–H and O–H groups in total. The molecule has 0 atom stereocenters. The van der Waals surface area contributed by atoms with Crippen LogP contribution >= 0.6 is 46.1 Å². The first-order valence-corrected chi connectivity index (χ1v) is 6.96. The monoisotopic (exact) mass is 336 g/mol. The molecule has 0 saturated heterocycles. The van der Waals surface area contributed by atoms with Gasteiger partial charge in [-0.2, -0.15) is 0 Å². The van der Waals surface area contributed by atoms with Crippen molar-refractivity contribution in [2.75, 3.05) is 5.32 Å². The van der Waals surface area contributed by atoms with Gasteiger partial charge in [-0.05, 0) is 19.1 Å². The number of nitrogens with zero attached hydrogens (tertiary/aromatic N) is 1. The highest BCUT2D eigenvalue weighted by molar-refractivity contribution is 7.17. The van der Waals surface area contributed by atoms with E-state index in [2.05, 4.69) is 10.3 Å². The van der Waals surface area contributed by atoms with E-state index in [1.165, 1.54) is 12.1 Å². The van der Waals surface area contributed by atoms with Crippen molar-refractivity contribution in [3.63, 3.8) is 0 Å². The van der Waals surface area contributed by atoms with Gasteiger partial charge in [-0.15, -0.1) is 0 Å². The summed E-state index contributed by atoms with van der Waals surface area (Å²) in [7, 11) is 0. The van der Waals surface area contributed by atoms with E-state index in [1.807, 2.05) is 0 Å². The zero-order valence-electron chi connectivity index (χ0n) is 9.50. The molecule has 0 fully saturated rings. The molecule has 0 bridgehead atoms. The standard InChI is InChI=1S/C11H7Cl3N2O2S/c1-4-9(10(17)18)19-11(15-4)16-8-6(13)2-5(12)3-7(8)14/h2-3H,1H3,(H,15,16)(H,17,18). The van der Waals surface area contributed by atoms with Crippen molar-refractivity contribution in [2.24, 2.45) is 0 Å². The number of hydrogen-bond donors (Lipinski definition) is 2. The maximum Gasteiger partial charge on any atom is 0.347 e. The Morgan fingerprint density at radius 2 is 1.89 bits per heavy atom. The van der Waals surface area contributed by atoms with E-state index in [9.17, 15) is 4.79 Å². The minimum atomic E-state index is -1.02. The normalized spacial score (nSPS) is 10.5. The van der Waals surface area contributed by atoms with Crippen LogP contribution in [0.1, 0.15) is 15.4 Å². The lowest BCUT2D eigenvalue weighted by molar-refractivity contribution is 0.0701. The second-order valence-corrected chi connectivity index (χ2v) is 5.86. The summed E-state index contributed by atoms with van der Waals surface area (Å²) >= 11 is 18.9. The number of aromatic carboxylic acids is 1. The predicted molar refractivity (Wildman–Crippen MR) is 78.6 cm³/mol. The van der Waals surface area contributed by atoms with Crippen molar-refractivity contribution in [3.05, 3.63) is 37.8 Å². The summed E-state index contributed by atoms with van der Waals surface area (Å²) < 4.78 is 0. The van der Waals surface area contributed by atoms with E-state index in [0.29, 0.717) is 31.6 Å². The third kappa shape index (κ3) is 3.12. The Balaban J connectivity index is 2.37. The van der Waals surface area contributed by atoms with Gasteiger partial charge in [-0.25, -0.2) is 9.78 Å². The summed E-state index contributed by atoms with van der Waals surface area (Å²) in [5.74, 6) is -1.02. The third-order valence-corrected chi connectivity index (χ3v) is 4.10. The van der Waals surface area contributed by atoms with Crippen molar-refractivity contribution in [2.45, 2.75) is 6.92 Å². The van der Waals surface area contributed by atoms with Gasteiger partial charge in [0, 0.05) is 5.02 Å². The van der Waals surface area contributed by atoms with Crippen LogP contribution in [0.2, 0.25) is 15.1 Å². The smallest absolute Gasteiger partial charge is 0.347 e. The van der Waals surface area contributed by atoms with Crippen LogP contribution in [0, 0.1) is 6.92 Å². The molecule has 0 aliphatic carbocycles. The SMILES string of the molecule is Cc1nc(Nc2c(Cl)cc(Cl)cc2Cl)sc1C(=O)O. The summed E-state index contributed by atoms with van der Waals surface area (Å²) in [5, 5.41) is 13.4. The molecule has 1 heterocycles. The molecule has 0 amide bonds. The Kier molecular flexibility index (Phi) is 4.20. The van der Waals surface area contributed by atoms with Gasteiger partial charge in [0.25, 0.3) is 0 Å². The molecule has 2 rings (SSSR count). The molecule has 4 nitrogen and oxygen atoms in total. The minimum absolute atomic E-state index is 0.170. The number of carboxylic acids is 1. The van der Waals surface area contributed by atoms with E-state index >= 15 is 0 Å². The van der Waals surface area contributed by atoms with Crippen molar-refractivity contribution in [1.29, 1.82) is 0 Å². The van der Waals surface area contributed by atoms with Crippen LogP contribution in [0.4, 0.5) is 10.8 Å². The average molecular weight is 338 g/mol. The van der Waals surface area contributed by atoms with Gasteiger partial charge < -0.3 is 10.4 Å². The number of carbonyl (C=O) groups is 1. The Hall–Kier alpha value is -1.01. The Bertz CT molecular complexity index is 634. The number of rotatable bonds is 3. The topological polar surface area (TPSA) is 62.2 Å². The first-order valence-electron chi connectivity index (χ1n) is 5.00. The van der Waals surface area contributed by atoms with Crippen molar-refractivity contribution in [1.82, 2.24) is 4.98 Å². The Morgan fingerprint density at radius 3 is 2.37 bits per heavy atom. The number of aromatic nitrogens is 1. The van der Waals surface area contributed by atoms with Gasteiger partial charge in [0.1, 0.15) is 4.88 Å². The highest BCUT2D eigenvalue weighted by atomic mass is 35.5. The highest BCUT2D eigenvalue weighted by Crippen LogP contribution is 2.37. The number of halogens is 3. The van der Waals surface area contributed by atoms with E-state index in [1.54, 1.807) is 6.92 Å². The van der Waals surface area contributed by atoms with Gasteiger partial charge in [0.2, 0.25) is 0 Å². The van der Waals surface area contributed by atoms with Gasteiger partial charge >= 0.3 is 5.97 Å². The number of hydrogen-bond acceptors (Lipinski definition) is 4. The van der Waals surface area contributed by atoms with E-state index in [0.717, 1.165) is 11.3 Å². The lowest BCUT2D eigenvalue weighted by atomic mass is 10.3. The van der Waals surface area contributed by atoms with Crippen LogP contribution < -0.4 is 5.32 Å². The Morgan fingerprint density at radius 1 is 1.32 bits per heavy atom. The fourth-order valence-corrected chi connectivity index (χ4v) is 3.14. The fourth-order valence-electron chi connectivity index (χ4n) is 1.42. The largest absolute Gasteiger partial charge is 0.477 e. The predicted octanol–water partition coefficient (Wildman–Crippen LogP) is 4.85. The van der Waals surface area contributed by atoms with Gasteiger partial charge in [-0.1, -0.05) is 46.1 Å². The van der Waals surface area contributed by atoms with Crippen LogP contribution in [-0.2, 0) is 0 Å². The summed E-state index contributed by atoms with van der Waals surface area (Å²) in [4.78, 5) is 15.2. The molecule has 0 unspecified atom stereocenters. The molecule has 0 aliphatic rings. The molecule has 100 valence electrons. The molecule has 1 aromatic carbocycles. The van der Waals surface area contributed by atoms with Crippen LogP contribution in [0.25, 0.3) is 0 Å². The number of anilines is 2. The molecule has 0 spiro atoms. The van der Waals surface area contributed by atoms with E-state index < -0.39 is 5.97 Å². The van der Waals surface area contributed by atoms with Gasteiger partial charge in [0.05, 0.1) is 21.4 Å². The maximum absolute atomic E-state index is 10.9. The fraction of sp³-hybridized carbons (Fsp3) is 0.0909. The molecular formula is C11H7Cl3N2O2S. The lowest BCUT2D eigenvalue weighted by Crippen LogP contribution is -1.94. The minimum Gasteiger partial charge on any atom is -0.477 e. The number of thiazole rings is 1. The van der Waals surface area contributed by atoms with E-state index in [4.69, 9.17) is 39.9 Å². The van der Waals surface area contributed by atoms with Crippen LogP contribution in [-0.4, -0.2) is 16.1 Å². The molecule has 0 saturated carbocycles. The molecule has 1 aromatic heterocycles.